The minimum absolute atomic E-state index is 0.0640. The molecule has 5 heteroatoms. The summed E-state index contributed by atoms with van der Waals surface area (Å²) in [5.74, 6) is -0.682. The normalized spacial score (nSPS) is 15.2. The Hall–Kier alpha value is -2.14. The van der Waals surface area contributed by atoms with Crippen molar-refractivity contribution in [1.29, 1.82) is 0 Å². The summed E-state index contributed by atoms with van der Waals surface area (Å²) >= 11 is 0. The number of aromatic carboxylic acids is 1. The van der Waals surface area contributed by atoms with Crippen LogP contribution in [0.4, 0.5) is 0 Å². The maximum atomic E-state index is 12.6. The first-order valence-corrected chi connectivity index (χ1v) is 10.9. The highest BCUT2D eigenvalue weighted by molar-refractivity contribution is 7.90. The molecule has 0 amide bonds. The van der Waals surface area contributed by atoms with E-state index in [9.17, 15) is 18.3 Å². The molecule has 0 bridgehead atoms. The van der Waals surface area contributed by atoms with Gasteiger partial charge in [-0.25, -0.2) is 13.2 Å². The fourth-order valence-electron chi connectivity index (χ4n) is 3.69. The van der Waals surface area contributed by atoms with E-state index in [1.54, 1.807) is 12.1 Å². The van der Waals surface area contributed by atoms with Crippen molar-refractivity contribution in [2.75, 3.05) is 5.75 Å². The predicted molar refractivity (Wildman–Crippen MR) is 103 cm³/mol. The Kier molecular flexibility index (Phi) is 5.77. The highest BCUT2D eigenvalue weighted by Gasteiger charge is 2.22. The molecule has 2 aromatic carbocycles. The smallest absolute Gasteiger partial charge is 0.335 e. The van der Waals surface area contributed by atoms with Crippen LogP contribution in [0, 0.1) is 5.92 Å². The summed E-state index contributed by atoms with van der Waals surface area (Å²) in [6.45, 7) is 0. The van der Waals surface area contributed by atoms with Crippen LogP contribution in [0.5, 0.6) is 0 Å². The molecule has 0 spiro atoms. The lowest BCUT2D eigenvalue weighted by Crippen LogP contribution is -2.14. The Morgan fingerprint density at radius 3 is 2.35 bits per heavy atom. The standard InChI is InChI=1S/C21H24O4S/c22-21(23)20-11-10-18(17-8-2-1-3-9-17)14-19(20)15-26(24,25)13-12-16-6-4-5-7-16/h1-3,8-11,14,16H,4-7,12-13,15H2,(H,22,23). The minimum atomic E-state index is -3.34. The second-order valence-electron chi connectivity index (χ2n) is 7.07. The summed E-state index contributed by atoms with van der Waals surface area (Å²) in [6, 6.07) is 14.5. The van der Waals surface area contributed by atoms with Crippen LogP contribution >= 0.6 is 0 Å². The summed E-state index contributed by atoms with van der Waals surface area (Å²) in [7, 11) is -3.34. The fourth-order valence-corrected chi connectivity index (χ4v) is 5.24. The zero-order valence-electron chi connectivity index (χ0n) is 14.7. The molecule has 0 heterocycles. The second-order valence-corrected chi connectivity index (χ2v) is 9.26. The molecule has 0 aliphatic heterocycles. The highest BCUT2D eigenvalue weighted by Crippen LogP contribution is 2.29. The zero-order chi connectivity index (χ0) is 18.6. The first kappa shape index (κ1) is 18.6. The number of hydrogen-bond donors (Lipinski definition) is 1. The maximum Gasteiger partial charge on any atom is 0.335 e. The molecule has 0 radical (unpaired) electrons. The first-order chi connectivity index (χ1) is 12.4. The molecule has 1 aliphatic rings. The van der Waals surface area contributed by atoms with Crippen LogP contribution in [0.25, 0.3) is 11.1 Å². The van der Waals surface area contributed by atoms with E-state index in [2.05, 4.69) is 0 Å². The highest BCUT2D eigenvalue weighted by atomic mass is 32.2. The summed E-state index contributed by atoms with van der Waals surface area (Å²) in [5, 5.41) is 9.43. The van der Waals surface area contributed by atoms with Crippen LogP contribution in [0.15, 0.2) is 48.5 Å². The molecule has 1 aliphatic carbocycles. The number of sulfone groups is 1. The first-order valence-electron chi connectivity index (χ1n) is 9.07. The van der Waals surface area contributed by atoms with Gasteiger partial charge in [0, 0.05) is 0 Å². The van der Waals surface area contributed by atoms with E-state index in [1.807, 2.05) is 30.3 Å². The van der Waals surface area contributed by atoms with Crippen molar-refractivity contribution in [3.05, 3.63) is 59.7 Å². The lowest BCUT2D eigenvalue weighted by Gasteiger charge is -2.12. The average molecular weight is 372 g/mol. The van der Waals surface area contributed by atoms with Gasteiger partial charge in [-0.2, -0.15) is 0 Å². The Bertz CT molecular complexity index is 866. The molecule has 0 saturated heterocycles. The Morgan fingerprint density at radius 2 is 1.69 bits per heavy atom. The van der Waals surface area contributed by atoms with Gasteiger partial charge in [0.05, 0.1) is 17.1 Å². The summed E-state index contributed by atoms with van der Waals surface area (Å²) < 4.78 is 25.2. The number of hydrogen-bond acceptors (Lipinski definition) is 3. The van der Waals surface area contributed by atoms with Crippen molar-refractivity contribution >= 4 is 15.8 Å². The number of carboxylic acid groups (broad SMARTS) is 1. The molecular weight excluding hydrogens is 348 g/mol. The molecular formula is C21H24O4S. The minimum Gasteiger partial charge on any atom is -0.478 e. The lowest BCUT2D eigenvalue weighted by molar-refractivity contribution is 0.0696. The van der Waals surface area contributed by atoms with Crippen LogP contribution in [-0.4, -0.2) is 25.2 Å². The summed E-state index contributed by atoms with van der Waals surface area (Å²) in [5.41, 5.74) is 2.20. The molecule has 0 unspecified atom stereocenters. The SMILES string of the molecule is O=C(O)c1ccc(-c2ccccc2)cc1CS(=O)(=O)CCC1CCCC1. The van der Waals surface area contributed by atoms with E-state index < -0.39 is 15.8 Å². The molecule has 0 aromatic heterocycles. The number of rotatable bonds is 7. The lowest BCUT2D eigenvalue weighted by atomic mass is 10.00. The van der Waals surface area contributed by atoms with E-state index in [4.69, 9.17) is 0 Å². The Morgan fingerprint density at radius 1 is 1.00 bits per heavy atom. The van der Waals surface area contributed by atoms with Crippen LogP contribution in [0.3, 0.4) is 0 Å². The van der Waals surface area contributed by atoms with Crippen LogP contribution < -0.4 is 0 Å². The molecule has 1 N–H and O–H groups in total. The Balaban J connectivity index is 1.83. The summed E-state index contributed by atoms with van der Waals surface area (Å²) in [6.07, 6.45) is 5.28. The zero-order valence-corrected chi connectivity index (χ0v) is 15.5. The van der Waals surface area contributed by atoms with Gasteiger partial charge in [0.25, 0.3) is 0 Å². The van der Waals surface area contributed by atoms with Gasteiger partial charge >= 0.3 is 5.97 Å². The topological polar surface area (TPSA) is 71.4 Å². The number of carboxylic acids is 1. The molecule has 2 aromatic rings. The molecule has 1 saturated carbocycles. The van der Waals surface area contributed by atoms with Crippen molar-refractivity contribution in [3.63, 3.8) is 0 Å². The molecule has 0 atom stereocenters. The largest absolute Gasteiger partial charge is 0.478 e. The fraction of sp³-hybridized carbons (Fsp3) is 0.381. The van der Waals surface area contributed by atoms with Crippen molar-refractivity contribution in [2.45, 2.75) is 37.9 Å². The second kappa shape index (κ2) is 8.04. The van der Waals surface area contributed by atoms with Gasteiger partial charge in [-0.15, -0.1) is 0 Å². The number of benzene rings is 2. The molecule has 3 rings (SSSR count). The van der Waals surface area contributed by atoms with Crippen LogP contribution in [0.2, 0.25) is 0 Å². The maximum absolute atomic E-state index is 12.6. The molecule has 138 valence electrons. The molecule has 4 nitrogen and oxygen atoms in total. The van der Waals surface area contributed by atoms with E-state index in [-0.39, 0.29) is 17.1 Å². The van der Waals surface area contributed by atoms with E-state index in [1.165, 1.54) is 18.9 Å². The van der Waals surface area contributed by atoms with Gasteiger partial charge in [0.1, 0.15) is 0 Å². The van der Waals surface area contributed by atoms with Gasteiger partial charge in [0.15, 0.2) is 9.84 Å². The van der Waals surface area contributed by atoms with Crippen molar-refractivity contribution in [3.8, 4) is 11.1 Å². The van der Waals surface area contributed by atoms with Gasteiger partial charge in [-0.05, 0) is 41.2 Å². The molecule has 26 heavy (non-hydrogen) atoms. The van der Waals surface area contributed by atoms with Gasteiger partial charge in [-0.3, -0.25) is 0 Å². The monoisotopic (exact) mass is 372 g/mol. The van der Waals surface area contributed by atoms with Crippen LogP contribution in [0.1, 0.15) is 48.0 Å². The Labute approximate surface area is 154 Å². The van der Waals surface area contributed by atoms with Crippen LogP contribution in [-0.2, 0) is 15.6 Å². The van der Waals surface area contributed by atoms with Crippen molar-refractivity contribution < 1.29 is 18.3 Å². The van der Waals surface area contributed by atoms with E-state index >= 15 is 0 Å². The van der Waals surface area contributed by atoms with Crippen molar-refractivity contribution in [1.82, 2.24) is 0 Å². The third kappa shape index (κ3) is 4.73. The number of carbonyl (C=O) groups is 1. The third-order valence-electron chi connectivity index (χ3n) is 5.13. The third-order valence-corrected chi connectivity index (χ3v) is 6.74. The average Bonchev–Trinajstić information content (AvgIpc) is 3.14. The quantitative estimate of drug-likeness (QED) is 0.774. The van der Waals surface area contributed by atoms with Gasteiger partial charge in [-0.1, -0.05) is 62.1 Å². The van der Waals surface area contributed by atoms with E-state index in [0.717, 1.165) is 24.0 Å². The summed E-state index contributed by atoms with van der Waals surface area (Å²) in [4.78, 5) is 11.5. The van der Waals surface area contributed by atoms with Gasteiger partial charge < -0.3 is 5.11 Å². The van der Waals surface area contributed by atoms with Crippen molar-refractivity contribution in [2.24, 2.45) is 5.92 Å². The molecule has 1 fully saturated rings. The van der Waals surface area contributed by atoms with Gasteiger partial charge in [0.2, 0.25) is 0 Å². The predicted octanol–water partition coefficient (Wildman–Crippen LogP) is 4.55. The van der Waals surface area contributed by atoms with E-state index in [0.29, 0.717) is 17.9 Å².